The van der Waals surface area contributed by atoms with Crippen LogP contribution in [0.2, 0.25) is 0 Å². The minimum atomic E-state index is -0.960. The average molecular weight is 386 g/mol. The molecule has 2 rings (SSSR count). The first-order valence-corrected chi connectivity index (χ1v) is 7.05. The van der Waals surface area contributed by atoms with Gasteiger partial charge < -0.3 is 9.84 Å². The highest BCUT2D eigenvalue weighted by molar-refractivity contribution is 9.10. The minimum absolute atomic E-state index is 0.222. The number of halogens is 2. The van der Waals surface area contributed by atoms with Crippen LogP contribution < -0.4 is 4.74 Å². The summed E-state index contributed by atoms with van der Waals surface area (Å²) in [4.78, 5) is 10.8. The molecule has 1 N–H and O–H groups in total. The minimum Gasteiger partial charge on any atom is -0.488 e. The van der Waals surface area contributed by atoms with Crippen LogP contribution in [0.25, 0.3) is 0 Å². The van der Waals surface area contributed by atoms with Crippen molar-refractivity contribution in [1.29, 1.82) is 0 Å². The van der Waals surface area contributed by atoms with Gasteiger partial charge >= 0.3 is 5.97 Å². The van der Waals surface area contributed by atoms with Gasteiger partial charge in [-0.25, -0.2) is 4.79 Å². The summed E-state index contributed by atoms with van der Waals surface area (Å²) in [5, 5.41) is 8.88. The van der Waals surface area contributed by atoms with Crippen molar-refractivity contribution in [1.82, 2.24) is 0 Å². The lowest BCUT2D eigenvalue weighted by Crippen LogP contribution is -1.99. The highest BCUT2D eigenvalue weighted by Gasteiger charge is 2.08. The van der Waals surface area contributed by atoms with Crippen molar-refractivity contribution in [2.45, 2.75) is 6.61 Å². The predicted molar refractivity (Wildman–Crippen MR) is 79.6 cm³/mol. The van der Waals surface area contributed by atoms with E-state index in [1.807, 2.05) is 24.3 Å². The second-order valence-electron chi connectivity index (χ2n) is 3.83. The molecule has 0 aliphatic rings. The monoisotopic (exact) mass is 384 g/mol. The fourth-order valence-electron chi connectivity index (χ4n) is 1.52. The maximum Gasteiger partial charge on any atom is 0.335 e. The molecule has 0 heterocycles. The van der Waals surface area contributed by atoms with E-state index >= 15 is 0 Å². The maximum atomic E-state index is 10.8. The molecule has 3 nitrogen and oxygen atoms in total. The van der Waals surface area contributed by atoms with Crippen LogP contribution >= 0.6 is 31.9 Å². The van der Waals surface area contributed by atoms with Crippen LogP contribution in [0, 0.1) is 0 Å². The van der Waals surface area contributed by atoms with Gasteiger partial charge in [-0.15, -0.1) is 0 Å². The SMILES string of the molecule is O=C(O)c1ccc(OCc2ccccc2Br)c(Br)c1. The first-order valence-electron chi connectivity index (χ1n) is 5.47. The Morgan fingerprint density at radius 3 is 2.47 bits per heavy atom. The second kappa shape index (κ2) is 6.21. The van der Waals surface area contributed by atoms with Gasteiger partial charge in [0.1, 0.15) is 12.4 Å². The van der Waals surface area contributed by atoms with Crippen molar-refractivity contribution in [3.8, 4) is 5.75 Å². The number of carbonyl (C=O) groups is 1. The molecule has 0 spiro atoms. The molecule has 0 amide bonds. The molecule has 0 saturated carbocycles. The normalized spacial score (nSPS) is 10.2. The van der Waals surface area contributed by atoms with Crippen LogP contribution in [-0.2, 0) is 6.61 Å². The number of rotatable bonds is 4. The van der Waals surface area contributed by atoms with E-state index in [1.54, 1.807) is 6.07 Å². The van der Waals surface area contributed by atoms with Crippen LogP contribution in [0.5, 0.6) is 5.75 Å². The lowest BCUT2D eigenvalue weighted by Gasteiger charge is -2.10. The quantitative estimate of drug-likeness (QED) is 0.843. The molecule has 2 aromatic rings. The molecule has 0 fully saturated rings. The maximum absolute atomic E-state index is 10.8. The van der Waals surface area contributed by atoms with E-state index in [1.165, 1.54) is 12.1 Å². The molecule has 0 saturated heterocycles. The van der Waals surface area contributed by atoms with E-state index in [-0.39, 0.29) is 5.56 Å². The smallest absolute Gasteiger partial charge is 0.335 e. The molecule has 0 aliphatic heterocycles. The number of carboxylic acid groups (broad SMARTS) is 1. The van der Waals surface area contributed by atoms with Gasteiger partial charge in [0.25, 0.3) is 0 Å². The number of carboxylic acids is 1. The fraction of sp³-hybridized carbons (Fsp3) is 0.0714. The Bertz CT molecular complexity index is 611. The summed E-state index contributed by atoms with van der Waals surface area (Å²) in [6, 6.07) is 12.5. The molecule has 98 valence electrons. The van der Waals surface area contributed by atoms with Crippen LogP contribution in [0.1, 0.15) is 15.9 Å². The van der Waals surface area contributed by atoms with Crippen molar-refractivity contribution in [3.63, 3.8) is 0 Å². The van der Waals surface area contributed by atoms with Gasteiger partial charge in [0, 0.05) is 10.0 Å². The zero-order valence-corrected chi connectivity index (χ0v) is 12.9. The zero-order chi connectivity index (χ0) is 13.8. The molecule has 0 aliphatic carbocycles. The molecular weight excluding hydrogens is 376 g/mol. The van der Waals surface area contributed by atoms with E-state index in [2.05, 4.69) is 31.9 Å². The molecule has 2 aromatic carbocycles. The van der Waals surface area contributed by atoms with Gasteiger partial charge in [-0.1, -0.05) is 34.1 Å². The van der Waals surface area contributed by atoms with E-state index in [9.17, 15) is 4.79 Å². The van der Waals surface area contributed by atoms with Crippen molar-refractivity contribution in [3.05, 3.63) is 62.5 Å². The first-order chi connectivity index (χ1) is 9.08. The largest absolute Gasteiger partial charge is 0.488 e. The van der Waals surface area contributed by atoms with Crippen molar-refractivity contribution in [2.75, 3.05) is 0 Å². The summed E-state index contributed by atoms with van der Waals surface area (Å²) in [6.07, 6.45) is 0. The molecule has 0 bridgehead atoms. The standard InChI is InChI=1S/C14H10Br2O3/c15-11-4-2-1-3-10(11)8-19-13-6-5-9(14(17)18)7-12(13)16/h1-7H,8H2,(H,17,18). The zero-order valence-electron chi connectivity index (χ0n) is 9.77. The van der Waals surface area contributed by atoms with Crippen molar-refractivity contribution < 1.29 is 14.6 Å². The second-order valence-corrected chi connectivity index (χ2v) is 5.54. The summed E-state index contributed by atoms with van der Waals surface area (Å²) in [6.45, 7) is 0.409. The molecule has 0 unspecified atom stereocenters. The Hall–Kier alpha value is -1.33. The molecule has 19 heavy (non-hydrogen) atoms. The van der Waals surface area contributed by atoms with Gasteiger partial charge in [0.05, 0.1) is 10.0 Å². The average Bonchev–Trinajstić information content (AvgIpc) is 2.39. The Labute approximate surface area is 127 Å². The molecule has 0 atom stereocenters. The number of aromatic carboxylic acids is 1. The lowest BCUT2D eigenvalue weighted by atomic mass is 10.2. The summed E-state index contributed by atoms with van der Waals surface area (Å²) in [5.41, 5.74) is 1.25. The highest BCUT2D eigenvalue weighted by atomic mass is 79.9. The highest BCUT2D eigenvalue weighted by Crippen LogP contribution is 2.27. The fourth-order valence-corrected chi connectivity index (χ4v) is 2.41. The third-order valence-corrected chi connectivity index (χ3v) is 3.91. The Morgan fingerprint density at radius 2 is 1.84 bits per heavy atom. The van der Waals surface area contributed by atoms with Gasteiger partial charge in [-0.05, 0) is 40.2 Å². The third-order valence-electron chi connectivity index (χ3n) is 2.52. The van der Waals surface area contributed by atoms with Crippen LogP contribution in [0.15, 0.2) is 51.4 Å². The lowest BCUT2D eigenvalue weighted by molar-refractivity contribution is 0.0696. The third kappa shape index (κ3) is 3.58. The van der Waals surface area contributed by atoms with Gasteiger partial charge in [-0.2, -0.15) is 0 Å². The number of benzene rings is 2. The summed E-state index contributed by atoms with van der Waals surface area (Å²) in [7, 11) is 0. The van der Waals surface area contributed by atoms with Crippen molar-refractivity contribution >= 4 is 37.8 Å². The van der Waals surface area contributed by atoms with Gasteiger partial charge in [-0.3, -0.25) is 0 Å². The Morgan fingerprint density at radius 1 is 1.11 bits per heavy atom. The van der Waals surface area contributed by atoms with Crippen LogP contribution in [0.4, 0.5) is 0 Å². The Kier molecular flexibility index (Phi) is 4.61. The Balaban J connectivity index is 2.12. The topological polar surface area (TPSA) is 46.5 Å². The first kappa shape index (κ1) is 14.1. The summed E-state index contributed by atoms with van der Waals surface area (Å²) < 4.78 is 7.27. The van der Waals surface area contributed by atoms with E-state index in [4.69, 9.17) is 9.84 Å². The predicted octanol–water partition coefficient (Wildman–Crippen LogP) is 4.49. The van der Waals surface area contributed by atoms with Crippen LogP contribution in [-0.4, -0.2) is 11.1 Å². The molecule has 5 heteroatoms. The van der Waals surface area contributed by atoms with Crippen LogP contribution in [0.3, 0.4) is 0 Å². The number of hydrogen-bond donors (Lipinski definition) is 1. The van der Waals surface area contributed by atoms with E-state index < -0.39 is 5.97 Å². The van der Waals surface area contributed by atoms with Gasteiger partial charge in [0.2, 0.25) is 0 Å². The molecular formula is C14H10Br2O3. The van der Waals surface area contributed by atoms with E-state index in [0.29, 0.717) is 16.8 Å². The van der Waals surface area contributed by atoms with Gasteiger partial charge in [0.15, 0.2) is 0 Å². The van der Waals surface area contributed by atoms with E-state index in [0.717, 1.165) is 10.0 Å². The van der Waals surface area contributed by atoms with Crippen molar-refractivity contribution in [2.24, 2.45) is 0 Å². The number of hydrogen-bond acceptors (Lipinski definition) is 2. The number of ether oxygens (including phenoxy) is 1. The molecule has 0 aromatic heterocycles. The molecule has 0 radical (unpaired) electrons. The summed E-state index contributed by atoms with van der Waals surface area (Å²) >= 11 is 6.76. The summed E-state index contributed by atoms with van der Waals surface area (Å²) in [5.74, 6) is -0.348.